The van der Waals surface area contributed by atoms with Gasteiger partial charge in [0.15, 0.2) is 0 Å². The van der Waals surface area contributed by atoms with Gasteiger partial charge in [0.1, 0.15) is 11.6 Å². The second-order valence-electron chi connectivity index (χ2n) is 5.17. The van der Waals surface area contributed by atoms with E-state index in [-0.39, 0.29) is 12.1 Å². The molecule has 0 bridgehead atoms. The highest BCUT2D eigenvalue weighted by atomic mass is 19.1. The Kier molecular flexibility index (Phi) is 4.50. The van der Waals surface area contributed by atoms with Crippen molar-refractivity contribution in [1.82, 2.24) is 5.32 Å². The molecule has 2 rings (SSSR count). The van der Waals surface area contributed by atoms with Gasteiger partial charge in [0, 0.05) is 18.2 Å². The van der Waals surface area contributed by atoms with E-state index >= 15 is 0 Å². The van der Waals surface area contributed by atoms with Gasteiger partial charge in [-0.3, -0.25) is 0 Å². The zero-order valence-corrected chi connectivity index (χ0v) is 12.0. The molecule has 0 saturated heterocycles. The van der Waals surface area contributed by atoms with Gasteiger partial charge in [0.05, 0.1) is 0 Å². The number of aryl methyl sites for hydroxylation is 1. The summed E-state index contributed by atoms with van der Waals surface area (Å²) in [6.07, 6.45) is 0. The van der Waals surface area contributed by atoms with E-state index < -0.39 is 11.6 Å². The van der Waals surface area contributed by atoms with Gasteiger partial charge in [0.25, 0.3) is 0 Å². The van der Waals surface area contributed by atoms with Gasteiger partial charge in [-0.15, -0.1) is 0 Å². The van der Waals surface area contributed by atoms with Crippen molar-refractivity contribution in [3.8, 4) is 0 Å². The lowest BCUT2D eigenvalue weighted by atomic mass is 10.0. The molecule has 0 aromatic heterocycles. The van der Waals surface area contributed by atoms with Crippen molar-refractivity contribution in [3.05, 3.63) is 70.8 Å². The molecule has 2 aromatic rings. The van der Waals surface area contributed by atoms with E-state index in [1.165, 1.54) is 23.3 Å². The number of halogens is 2. The lowest BCUT2D eigenvalue weighted by Crippen LogP contribution is -2.23. The second-order valence-corrected chi connectivity index (χ2v) is 5.17. The van der Waals surface area contributed by atoms with E-state index in [9.17, 15) is 8.78 Å². The van der Waals surface area contributed by atoms with Crippen LogP contribution >= 0.6 is 0 Å². The molecule has 0 aliphatic rings. The highest BCUT2D eigenvalue weighted by Crippen LogP contribution is 2.22. The molecule has 0 amide bonds. The summed E-state index contributed by atoms with van der Waals surface area (Å²) in [5, 5.41) is 3.37. The molecule has 0 aliphatic heterocycles. The number of hydrogen-bond acceptors (Lipinski definition) is 1. The summed E-state index contributed by atoms with van der Waals surface area (Å²) in [6.45, 7) is 6.01. The Bertz CT molecular complexity index is 575. The average molecular weight is 275 g/mol. The molecule has 3 heteroatoms. The highest BCUT2D eigenvalue weighted by Gasteiger charge is 2.14. The van der Waals surface area contributed by atoms with Gasteiger partial charge in [-0.05, 0) is 49.6 Å². The quantitative estimate of drug-likeness (QED) is 0.854. The lowest BCUT2D eigenvalue weighted by molar-refractivity contribution is 0.486. The monoisotopic (exact) mass is 275 g/mol. The summed E-state index contributed by atoms with van der Waals surface area (Å²) >= 11 is 0. The van der Waals surface area contributed by atoms with Crippen LogP contribution in [-0.4, -0.2) is 0 Å². The summed E-state index contributed by atoms with van der Waals surface area (Å²) in [6, 6.07) is 11.7. The van der Waals surface area contributed by atoms with E-state index in [1.807, 2.05) is 19.1 Å². The summed E-state index contributed by atoms with van der Waals surface area (Å²) in [5.74, 6) is -1.09. The normalized spacial score (nSPS) is 14.1. The largest absolute Gasteiger partial charge is 0.304 e. The molecule has 2 atom stereocenters. The van der Waals surface area contributed by atoms with Crippen LogP contribution < -0.4 is 5.32 Å². The predicted octanol–water partition coefficient (Wildman–Crippen LogP) is 4.69. The summed E-state index contributed by atoms with van der Waals surface area (Å²) in [4.78, 5) is 0. The van der Waals surface area contributed by atoms with Crippen LogP contribution in [0.15, 0.2) is 42.5 Å². The minimum Gasteiger partial charge on any atom is -0.304 e. The topological polar surface area (TPSA) is 12.0 Å². The smallest absolute Gasteiger partial charge is 0.126 e. The van der Waals surface area contributed by atoms with Crippen LogP contribution in [0.2, 0.25) is 0 Å². The Balaban J connectivity index is 2.15. The Morgan fingerprint density at radius 1 is 0.900 bits per heavy atom. The van der Waals surface area contributed by atoms with Gasteiger partial charge in [-0.25, -0.2) is 8.78 Å². The zero-order chi connectivity index (χ0) is 14.7. The van der Waals surface area contributed by atoms with E-state index in [2.05, 4.69) is 31.3 Å². The molecule has 1 nitrogen and oxygen atoms in total. The van der Waals surface area contributed by atoms with Crippen molar-refractivity contribution >= 4 is 0 Å². The third-order valence-corrected chi connectivity index (χ3v) is 3.54. The van der Waals surface area contributed by atoms with Crippen molar-refractivity contribution < 1.29 is 8.78 Å². The Morgan fingerprint density at radius 2 is 1.50 bits per heavy atom. The Labute approximate surface area is 118 Å². The summed E-state index contributed by atoms with van der Waals surface area (Å²) < 4.78 is 26.5. The van der Waals surface area contributed by atoms with Gasteiger partial charge < -0.3 is 5.32 Å². The van der Waals surface area contributed by atoms with Crippen LogP contribution in [0, 0.1) is 18.6 Å². The number of benzene rings is 2. The molecule has 0 fully saturated rings. The number of nitrogens with one attached hydrogen (secondary N) is 1. The van der Waals surface area contributed by atoms with Crippen LogP contribution in [0.25, 0.3) is 0 Å². The molecule has 0 saturated carbocycles. The summed E-state index contributed by atoms with van der Waals surface area (Å²) in [5.41, 5.74) is 3.00. The molecule has 0 heterocycles. The first kappa shape index (κ1) is 14.7. The first-order valence-corrected chi connectivity index (χ1v) is 6.75. The minimum absolute atomic E-state index is 0.109. The Morgan fingerprint density at radius 3 is 2.10 bits per heavy atom. The number of rotatable bonds is 4. The molecule has 106 valence electrons. The fourth-order valence-corrected chi connectivity index (χ4v) is 2.46. The third kappa shape index (κ3) is 3.42. The van der Waals surface area contributed by atoms with Crippen molar-refractivity contribution in [3.63, 3.8) is 0 Å². The van der Waals surface area contributed by atoms with Gasteiger partial charge in [-0.1, -0.05) is 24.3 Å². The second kappa shape index (κ2) is 6.14. The minimum atomic E-state index is -0.544. The SMILES string of the molecule is Cc1ccccc1[C@H](C)NC(C)c1cc(F)cc(F)c1. The maximum atomic E-state index is 13.2. The van der Waals surface area contributed by atoms with Crippen molar-refractivity contribution in [2.75, 3.05) is 0 Å². The highest BCUT2D eigenvalue weighted by molar-refractivity contribution is 5.29. The fraction of sp³-hybridized carbons (Fsp3) is 0.294. The predicted molar refractivity (Wildman–Crippen MR) is 77.5 cm³/mol. The number of hydrogen-bond donors (Lipinski definition) is 1. The van der Waals surface area contributed by atoms with Gasteiger partial charge >= 0.3 is 0 Å². The lowest BCUT2D eigenvalue weighted by Gasteiger charge is -2.22. The third-order valence-electron chi connectivity index (χ3n) is 3.54. The molecule has 2 aromatic carbocycles. The fourth-order valence-electron chi connectivity index (χ4n) is 2.46. The van der Waals surface area contributed by atoms with Crippen LogP contribution in [-0.2, 0) is 0 Å². The maximum Gasteiger partial charge on any atom is 0.126 e. The van der Waals surface area contributed by atoms with Crippen molar-refractivity contribution in [1.29, 1.82) is 0 Å². The van der Waals surface area contributed by atoms with E-state index in [0.29, 0.717) is 5.56 Å². The molecule has 0 aliphatic carbocycles. The molecule has 0 spiro atoms. The molecule has 20 heavy (non-hydrogen) atoms. The van der Waals surface area contributed by atoms with Crippen LogP contribution in [0.4, 0.5) is 8.78 Å². The van der Waals surface area contributed by atoms with Gasteiger partial charge in [-0.2, -0.15) is 0 Å². The molecular formula is C17H19F2N. The van der Waals surface area contributed by atoms with Crippen molar-refractivity contribution in [2.24, 2.45) is 0 Å². The Hall–Kier alpha value is -1.74. The summed E-state index contributed by atoms with van der Waals surface area (Å²) in [7, 11) is 0. The average Bonchev–Trinajstić information content (AvgIpc) is 2.37. The first-order chi connectivity index (χ1) is 9.47. The van der Waals surface area contributed by atoms with Crippen LogP contribution in [0.3, 0.4) is 0 Å². The molecule has 1 unspecified atom stereocenters. The van der Waals surface area contributed by atoms with E-state index in [4.69, 9.17) is 0 Å². The zero-order valence-electron chi connectivity index (χ0n) is 12.0. The first-order valence-electron chi connectivity index (χ1n) is 6.75. The van der Waals surface area contributed by atoms with Crippen LogP contribution in [0.5, 0.6) is 0 Å². The van der Waals surface area contributed by atoms with Crippen LogP contribution in [0.1, 0.15) is 42.6 Å². The van der Waals surface area contributed by atoms with E-state index in [1.54, 1.807) is 0 Å². The van der Waals surface area contributed by atoms with Gasteiger partial charge in [0.2, 0.25) is 0 Å². The maximum absolute atomic E-state index is 13.2. The standard InChI is InChI=1S/C17H19F2N/c1-11-6-4-5-7-17(11)13(3)20-12(2)14-8-15(18)10-16(19)9-14/h4-10,12-13,20H,1-3H3/t12?,13-/m0/s1. The van der Waals surface area contributed by atoms with Crippen molar-refractivity contribution in [2.45, 2.75) is 32.9 Å². The molecule has 0 radical (unpaired) electrons. The molecular weight excluding hydrogens is 256 g/mol. The molecule has 1 N–H and O–H groups in total. The van der Waals surface area contributed by atoms with E-state index in [0.717, 1.165) is 6.07 Å².